The van der Waals surface area contributed by atoms with Gasteiger partial charge >= 0.3 is 6.03 Å². The van der Waals surface area contributed by atoms with Crippen molar-refractivity contribution in [3.05, 3.63) is 59.2 Å². The van der Waals surface area contributed by atoms with Gasteiger partial charge in [0.15, 0.2) is 0 Å². The van der Waals surface area contributed by atoms with E-state index in [9.17, 15) is 9.90 Å². The third-order valence-corrected chi connectivity index (χ3v) is 4.15. The quantitative estimate of drug-likeness (QED) is 0.799. The number of amides is 2. The average Bonchev–Trinajstić information content (AvgIpc) is 2.92. The minimum Gasteiger partial charge on any atom is -0.492 e. The number of nitrogens with zero attached hydrogens (tertiary/aromatic N) is 1. The Morgan fingerprint density at radius 3 is 2.92 bits per heavy atom. The normalized spacial score (nSPS) is 18.1. The van der Waals surface area contributed by atoms with Crippen molar-refractivity contribution < 1.29 is 14.6 Å². The topological polar surface area (TPSA) is 94.4 Å². The summed E-state index contributed by atoms with van der Waals surface area (Å²) < 4.78 is 5.48. The van der Waals surface area contributed by atoms with Gasteiger partial charge in [-0.3, -0.25) is 0 Å². The highest BCUT2D eigenvalue weighted by atomic mass is 16.5. The molecule has 0 saturated heterocycles. The van der Waals surface area contributed by atoms with Gasteiger partial charge in [-0.2, -0.15) is 5.26 Å². The summed E-state index contributed by atoms with van der Waals surface area (Å²) in [6, 6.07) is 13.6. The second-order valence-electron chi connectivity index (χ2n) is 5.80. The molecule has 0 radical (unpaired) electrons. The van der Waals surface area contributed by atoms with Gasteiger partial charge in [-0.1, -0.05) is 24.3 Å². The lowest BCUT2D eigenvalue weighted by Crippen LogP contribution is -2.36. The van der Waals surface area contributed by atoms with E-state index in [1.165, 1.54) is 0 Å². The van der Waals surface area contributed by atoms with E-state index in [1.807, 2.05) is 37.3 Å². The zero-order chi connectivity index (χ0) is 17.8. The summed E-state index contributed by atoms with van der Waals surface area (Å²) in [5, 5.41) is 24.8. The molecule has 3 rings (SSSR count). The van der Waals surface area contributed by atoms with E-state index < -0.39 is 18.2 Å². The van der Waals surface area contributed by atoms with Crippen molar-refractivity contribution in [2.75, 3.05) is 11.9 Å². The lowest BCUT2D eigenvalue weighted by atomic mass is 10.1. The first kappa shape index (κ1) is 16.8. The van der Waals surface area contributed by atoms with Crippen molar-refractivity contribution in [3.8, 4) is 11.8 Å². The van der Waals surface area contributed by atoms with E-state index in [-0.39, 0.29) is 0 Å². The lowest BCUT2D eigenvalue weighted by molar-refractivity contribution is 0.144. The van der Waals surface area contributed by atoms with Crippen LogP contribution in [-0.2, 0) is 6.42 Å². The summed E-state index contributed by atoms with van der Waals surface area (Å²) in [5.74, 6) is 0.490. The molecular weight excluding hydrogens is 318 g/mol. The van der Waals surface area contributed by atoms with Crippen LogP contribution in [0.15, 0.2) is 42.5 Å². The van der Waals surface area contributed by atoms with Gasteiger partial charge in [0.05, 0.1) is 36.1 Å². The van der Waals surface area contributed by atoms with Crippen molar-refractivity contribution in [2.24, 2.45) is 0 Å². The average molecular weight is 337 g/mol. The molecule has 2 aromatic carbocycles. The number of ether oxygens (including phenoxy) is 1. The highest BCUT2D eigenvalue weighted by molar-refractivity contribution is 5.91. The number of benzene rings is 2. The maximum absolute atomic E-state index is 12.4. The zero-order valence-electron chi connectivity index (χ0n) is 13.8. The molecule has 0 aromatic heterocycles. The molecule has 2 atom stereocenters. The highest BCUT2D eigenvalue weighted by Gasteiger charge is 2.32. The third-order valence-electron chi connectivity index (χ3n) is 4.15. The molecule has 0 saturated carbocycles. The van der Waals surface area contributed by atoms with Crippen LogP contribution in [-0.4, -0.2) is 23.8 Å². The maximum Gasteiger partial charge on any atom is 0.319 e. The van der Waals surface area contributed by atoms with E-state index in [4.69, 9.17) is 10.00 Å². The van der Waals surface area contributed by atoms with Gasteiger partial charge in [-0.15, -0.1) is 0 Å². The van der Waals surface area contributed by atoms with Crippen LogP contribution < -0.4 is 15.4 Å². The molecule has 0 heterocycles. The van der Waals surface area contributed by atoms with Crippen LogP contribution in [0.2, 0.25) is 0 Å². The molecular formula is C19H19N3O3. The minimum atomic E-state index is -0.667. The van der Waals surface area contributed by atoms with Crippen molar-refractivity contribution in [1.29, 1.82) is 5.26 Å². The van der Waals surface area contributed by atoms with Crippen LogP contribution in [0.3, 0.4) is 0 Å². The van der Waals surface area contributed by atoms with E-state index in [1.54, 1.807) is 18.2 Å². The number of rotatable bonds is 4. The number of aliphatic hydroxyl groups excluding tert-OH is 1. The van der Waals surface area contributed by atoms with Crippen molar-refractivity contribution in [1.82, 2.24) is 5.32 Å². The van der Waals surface area contributed by atoms with E-state index in [2.05, 4.69) is 10.6 Å². The fraction of sp³-hybridized carbons (Fsp3) is 0.263. The van der Waals surface area contributed by atoms with Gasteiger partial charge in [0.2, 0.25) is 0 Å². The Labute approximate surface area is 146 Å². The molecule has 0 unspecified atom stereocenters. The molecule has 1 aliphatic carbocycles. The summed E-state index contributed by atoms with van der Waals surface area (Å²) >= 11 is 0. The number of aliphatic hydroxyl groups is 1. The minimum absolute atomic E-state index is 0.416. The summed E-state index contributed by atoms with van der Waals surface area (Å²) in [6.07, 6.45) is -0.158. The number of carbonyl (C=O) groups is 1. The van der Waals surface area contributed by atoms with Gasteiger partial charge in [0.25, 0.3) is 0 Å². The van der Waals surface area contributed by atoms with Crippen molar-refractivity contribution in [2.45, 2.75) is 25.5 Å². The molecule has 1 aliphatic rings. The van der Waals surface area contributed by atoms with E-state index >= 15 is 0 Å². The standard InChI is InChI=1S/C19H19N3O3/c1-2-25-17-8-7-12(11-20)9-15(17)21-19(24)22-18-14-6-4-3-5-13(14)10-16(18)23/h3-9,16,18,23H,2,10H2,1H3,(H2,21,22,24)/t16-,18+/m0/s1. The van der Waals surface area contributed by atoms with E-state index in [0.717, 1.165) is 11.1 Å². The Bertz CT molecular complexity index is 829. The van der Waals surface area contributed by atoms with Crippen molar-refractivity contribution in [3.63, 3.8) is 0 Å². The van der Waals surface area contributed by atoms with Gasteiger partial charge in [0, 0.05) is 6.42 Å². The number of fused-ring (bicyclic) bond motifs is 1. The Morgan fingerprint density at radius 2 is 2.16 bits per heavy atom. The summed E-state index contributed by atoms with van der Waals surface area (Å²) in [6.45, 7) is 2.28. The Hall–Kier alpha value is -3.04. The number of hydrogen-bond acceptors (Lipinski definition) is 4. The molecule has 2 amide bonds. The molecule has 0 spiro atoms. The monoisotopic (exact) mass is 337 g/mol. The SMILES string of the molecule is CCOc1ccc(C#N)cc1NC(=O)N[C@@H]1c2ccccc2C[C@@H]1O. The molecule has 128 valence electrons. The first-order valence-corrected chi connectivity index (χ1v) is 8.12. The van der Waals surface area contributed by atoms with Gasteiger partial charge < -0.3 is 20.5 Å². The first-order chi connectivity index (χ1) is 12.1. The summed E-state index contributed by atoms with van der Waals surface area (Å²) in [5.41, 5.74) is 2.78. The fourth-order valence-corrected chi connectivity index (χ4v) is 3.03. The summed E-state index contributed by atoms with van der Waals surface area (Å²) in [4.78, 5) is 12.4. The second-order valence-corrected chi connectivity index (χ2v) is 5.80. The largest absolute Gasteiger partial charge is 0.492 e. The number of carbonyl (C=O) groups excluding carboxylic acids is 1. The summed E-state index contributed by atoms with van der Waals surface area (Å²) in [7, 11) is 0. The van der Waals surface area contributed by atoms with Crippen LogP contribution in [0.25, 0.3) is 0 Å². The first-order valence-electron chi connectivity index (χ1n) is 8.12. The molecule has 0 fully saturated rings. The number of nitriles is 1. The highest BCUT2D eigenvalue weighted by Crippen LogP contribution is 2.31. The molecule has 25 heavy (non-hydrogen) atoms. The predicted molar refractivity (Wildman–Crippen MR) is 93.4 cm³/mol. The Morgan fingerprint density at radius 1 is 1.36 bits per heavy atom. The molecule has 6 nitrogen and oxygen atoms in total. The fourth-order valence-electron chi connectivity index (χ4n) is 3.03. The van der Waals surface area contributed by atoms with Gasteiger partial charge in [-0.05, 0) is 36.2 Å². The maximum atomic E-state index is 12.4. The van der Waals surface area contributed by atoms with Crippen molar-refractivity contribution >= 4 is 11.7 Å². The van der Waals surface area contributed by atoms with Crippen LogP contribution >= 0.6 is 0 Å². The van der Waals surface area contributed by atoms with Crippen LogP contribution in [0.4, 0.5) is 10.5 Å². The van der Waals surface area contributed by atoms with E-state index in [0.29, 0.717) is 30.0 Å². The number of urea groups is 1. The number of hydrogen-bond donors (Lipinski definition) is 3. The van der Waals surface area contributed by atoms with Crippen LogP contribution in [0.1, 0.15) is 29.7 Å². The number of anilines is 1. The zero-order valence-corrected chi connectivity index (χ0v) is 13.8. The lowest BCUT2D eigenvalue weighted by Gasteiger charge is -2.19. The Kier molecular flexibility index (Phi) is 4.87. The molecule has 0 aliphatic heterocycles. The van der Waals surface area contributed by atoms with Crippen LogP contribution in [0.5, 0.6) is 5.75 Å². The molecule has 0 bridgehead atoms. The van der Waals surface area contributed by atoms with Crippen LogP contribution in [0, 0.1) is 11.3 Å². The smallest absolute Gasteiger partial charge is 0.319 e. The molecule has 3 N–H and O–H groups in total. The second kappa shape index (κ2) is 7.24. The predicted octanol–water partition coefficient (Wildman–Crippen LogP) is 2.74. The van der Waals surface area contributed by atoms with Gasteiger partial charge in [0.1, 0.15) is 5.75 Å². The molecule has 2 aromatic rings. The Balaban J connectivity index is 1.76. The molecule has 6 heteroatoms. The third kappa shape index (κ3) is 3.57. The van der Waals surface area contributed by atoms with Gasteiger partial charge in [-0.25, -0.2) is 4.79 Å². The number of nitrogens with one attached hydrogen (secondary N) is 2.